The van der Waals surface area contributed by atoms with Gasteiger partial charge < -0.3 is 15.1 Å². The summed E-state index contributed by atoms with van der Waals surface area (Å²) >= 11 is 0. The van der Waals surface area contributed by atoms with E-state index in [2.05, 4.69) is 71.7 Å². The average Bonchev–Trinajstić information content (AvgIpc) is 3.16. The number of pyridine rings is 2. The van der Waals surface area contributed by atoms with Crippen LogP contribution in [0.4, 0.5) is 0 Å². The molecule has 3 aromatic carbocycles. The van der Waals surface area contributed by atoms with Crippen molar-refractivity contribution in [3.8, 4) is 11.3 Å². The van der Waals surface area contributed by atoms with Crippen molar-refractivity contribution in [1.29, 1.82) is 0 Å². The standard InChI is InChI=1S/C24H14BN2.C5H8O2.Ir/c1-3-9-18-16(7-1)15-17-8-2-4-10-19(17)22(18)25-21-12-6-13-26-23(21)20-11-5-14-27-24(20)25;1-4(6)3-5(2)7;/h1-10,12-15H;3,6H,1-2H3;/q-1;;/b;4-3-;. The van der Waals surface area contributed by atoms with E-state index >= 15 is 0 Å². The van der Waals surface area contributed by atoms with E-state index in [0.29, 0.717) is 0 Å². The van der Waals surface area contributed by atoms with Gasteiger partial charge >= 0.3 is 0 Å². The summed E-state index contributed by atoms with van der Waals surface area (Å²) < 4.78 is 0. The number of fused-ring (bicyclic) bond motifs is 5. The van der Waals surface area contributed by atoms with Crippen LogP contribution < -0.4 is 16.5 Å². The van der Waals surface area contributed by atoms with Crippen LogP contribution in [0.5, 0.6) is 0 Å². The fourth-order valence-corrected chi connectivity index (χ4v) is 4.74. The first-order valence-electron chi connectivity index (χ1n) is 11.1. The summed E-state index contributed by atoms with van der Waals surface area (Å²) in [5.74, 6) is -0.0625. The Morgan fingerprint density at radius 1 is 0.914 bits per heavy atom. The zero-order chi connectivity index (χ0) is 23.7. The molecular weight excluding hydrogens is 611 g/mol. The maximum absolute atomic E-state index is 10.0. The second kappa shape index (κ2) is 10.3. The smallest absolute Gasteiger partial charge is 0.204 e. The second-order valence-electron chi connectivity index (χ2n) is 8.35. The van der Waals surface area contributed by atoms with E-state index in [4.69, 9.17) is 10.1 Å². The molecular formula is C29H22BIrN2O2-. The number of hydrogen-bond donors (Lipinski definition) is 1. The number of allylic oxidation sites excluding steroid dienone is 2. The van der Waals surface area contributed by atoms with Crippen molar-refractivity contribution < 1.29 is 30.0 Å². The Morgan fingerprint density at radius 3 is 2.17 bits per heavy atom. The molecule has 0 saturated carbocycles. The van der Waals surface area contributed by atoms with E-state index in [-0.39, 0.29) is 38.4 Å². The van der Waals surface area contributed by atoms with Crippen molar-refractivity contribution in [2.45, 2.75) is 13.8 Å². The molecule has 6 rings (SSSR count). The Bertz CT molecular complexity index is 1480. The van der Waals surface area contributed by atoms with Crippen molar-refractivity contribution in [3.63, 3.8) is 0 Å². The molecule has 0 spiro atoms. The quantitative estimate of drug-likeness (QED) is 0.103. The van der Waals surface area contributed by atoms with Gasteiger partial charge in [0.15, 0.2) is 5.78 Å². The van der Waals surface area contributed by atoms with E-state index < -0.39 is 0 Å². The van der Waals surface area contributed by atoms with Crippen molar-refractivity contribution in [3.05, 3.63) is 103 Å². The molecule has 0 amide bonds. The molecule has 35 heavy (non-hydrogen) atoms. The average molecular weight is 634 g/mol. The van der Waals surface area contributed by atoms with Crippen molar-refractivity contribution >= 4 is 50.6 Å². The first kappa shape index (κ1) is 24.5. The minimum absolute atomic E-state index is 0. The van der Waals surface area contributed by atoms with Crippen LogP contribution in [-0.2, 0) is 24.9 Å². The van der Waals surface area contributed by atoms with Gasteiger partial charge in [-0.25, -0.2) is 0 Å². The number of benzene rings is 3. The predicted octanol–water partition coefficient (Wildman–Crippen LogP) is 4.11. The summed E-state index contributed by atoms with van der Waals surface area (Å²) in [4.78, 5) is 19.5. The normalized spacial score (nSPS) is 11.8. The van der Waals surface area contributed by atoms with Gasteiger partial charge in [0.05, 0.1) is 5.76 Å². The third kappa shape index (κ3) is 4.68. The fraction of sp³-hybridized carbons (Fsp3) is 0.0690. The number of carbonyl (C=O) groups is 1. The SMILES string of the molecule is CC(=O)/C=C(/C)O.[Ir].[c-]1ccnc2c1-c1ncccc1B2c1c2ccccc2cc2ccccc12. The zero-order valence-electron chi connectivity index (χ0n) is 19.3. The van der Waals surface area contributed by atoms with Crippen LogP contribution in [0.2, 0.25) is 0 Å². The molecule has 4 nitrogen and oxygen atoms in total. The van der Waals surface area contributed by atoms with Crippen LogP contribution in [0.25, 0.3) is 32.8 Å². The molecule has 0 bridgehead atoms. The number of aromatic nitrogens is 2. The first-order valence-corrected chi connectivity index (χ1v) is 11.1. The fourth-order valence-electron chi connectivity index (χ4n) is 4.74. The van der Waals surface area contributed by atoms with E-state index in [1.54, 1.807) is 0 Å². The summed E-state index contributed by atoms with van der Waals surface area (Å²) in [6.45, 7) is 2.92. The maximum atomic E-state index is 10.0. The molecule has 1 N–H and O–H groups in total. The molecule has 3 heterocycles. The van der Waals surface area contributed by atoms with Crippen LogP contribution in [0.15, 0.2) is 97.0 Å². The molecule has 2 aromatic heterocycles. The topological polar surface area (TPSA) is 63.1 Å². The van der Waals surface area contributed by atoms with Crippen LogP contribution in [0.1, 0.15) is 13.8 Å². The number of aliphatic hydroxyl groups excluding tert-OH is 1. The summed E-state index contributed by atoms with van der Waals surface area (Å²) in [6, 6.07) is 29.0. The van der Waals surface area contributed by atoms with Crippen LogP contribution in [0.3, 0.4) is 0 Å². The Balaban J connectivity index is 0.000000320. The molecule has 0 saturated heterocycles. The molecule has 1 aliphatic heterocycles. The number of aliphatic hydroxyl groups is 1. The van der Waals surface area contributed by atoms with Gasteiger partial charge in [-0.15, -0.1) is 17.7 Å². The van der Waals surface area contributed by atoms with Gasteiger partial charge in [-0.3, -0.25) is 4.79 Å². The summed E-state index contributed by atoms with van der Waals surface area (Å²) in [5, 5.41) is 13.4. The molecule has 0 fully saturated rings. The van der Waals surface area contributed by atoms with E-state index in [0.717, 1.165) is 16.9 Å². The van der Waals surface area contributed by atoms with Gasteiger partial charge in [-0.1, -0.05) is 77.3 Å². The summed E-state index contributed by atoms with van der Waals surface area (Å²) in [6.07, 6.45) is 4.86. The molecule has 1 radical (unpaired) electrons. The molecule has 0 atom stereocenters. The van der Waals surface area contributed by atoms with Crippen molar-refractivity contribution in [1.82, 2.24) is 9.97 Å². The Hall–Kier alpha value is -3.60. The van der Waals surface area contributed by atoms with Crippen LogP contribution in [0, 0.1) is 6.07 Å². The van der Waals surface area contributed by atoms with E-state index in [1.807, 2.05) is 24.5 Å². The van der Waals surface area contributed by atoms with Gasteiger partial charge in [0.2, 0.25) is 6.71 Å². The summed E-state index contributed by atoms with van der Waals surface area (Å²) in [5.41, 5.74) is 5.60. The molecule has 0 unspecified atom stereocenters. The van der Waals surface area contributed by atoms with E-state index in [1.165, 1.54) is 52.4 Å². The van der Waals surface area contributed by atoms with Gasteiger partial charge in [0, 0.05) is 32.4 Å². The minimum atomic E-state index is -0.125. The molecule has 5 aromatic rings. The zero-order valence-corrected chi connectivity index (χ0v) is 21.7. The Kier molecular flexibility index (Phi) is 7.25. The first-order chi connectivity index (χ1) is 16.5. The third-order valence-electron chi connectivity index (χ3n) is 5.95. The number of carbonyl (C=O) groups excluding carboxylic acids is 1. The predicted molar refractivity (Wildman–Crippen MR) is 139 cm³/mol. The van der Waals surface area contributed by atoms with Crippen molar-refractivity contribution in [2.24, 2.45) is 0 Å². The number of hydrogen-bond acceptors (Lipinski definition) is 4. The largest absolute Gasteiger partial charge is 0.512 e. The molecule has 6 heteroatoms. The van der Waals surface area contributed by atoms with Crippen LogP contribution >= 0.6 is 0 Å². The maximum Gasteiger partial charge on any atom is 0.204 e. The summed E-state index contributed by atoms with van der Waals surface area (Å²) in [7, 11) is 0. The van der Waals surface area contributed by atoms with Gasteiger partial charge in [0.25, 0.3) is 0 Å². The second-order valence-corrected chi connectivity index (χ2v) is 8.35. The van der Waals surface area contributed by atoms with Gasteiger partial charge in [0.1, 0.15) is 0 Å². The minimum Gasteiger partial charge on any atom is -0.512 e. The molecule has 0 aliphatic carbocycles. The molecule has 173 valence electrons. The number of ketones is 1. The number of nitrogens with zero attached hydrogens (tertiary/aromatic N) is 2. The number of rotatable bonds is 2. The third-order valence-corrected chi connectivity index (χ3v) is 5.95. The monoisotopic (exact) mass is 634 g/mol. The van der Waals surface area contributed by atoms with Crippen LogP contribution in [-0.4, -0.2) is 27.6 Å². The Morgan fingerprint density at radius 2 is 1.57 bits per heavy atom. The Labute approximate surface area is 218 Å². The van der Waals surface area contributed by atoms with E-state index in [9.17, 15) is 4.79 Å². The molecule has 1 aliphatic rings. The van der Waals surface area contributed by atoms with Gasteiger partial charge in [-0.05, 0) is 53.2 Å². The van der Waals surface area contributed by atoms with Gasteiger partial charge in [-0.2, -0.15) is 0 Å². The van der Waals surface area contributed by atoms with Crippen molar-refractivity contribution in [2.75, 3.05) is 0 Å².